The molecule has 2 rings (SSSR count). The summed E-state index contributed by atoms with van der Waals surface area (Å²) in [6.45, 7) is 10.0. The Labute approximate surface area is 111 Å². The molecule has 1 aromatic carbocycles. The van der Waals surface area contributed by atoms with Gasteiger partial charge in [-0.25, -0.2) is 0 Å². The highest BCUT2D eigenvalue weighted by Gasteiger charge is 2.20. The van der Waals surface area contributed by atoms with Crippen LogP contribution in [0.3, 0.4) is 0 Å². The van der Waals surface area contributed by atoms with E-state index in [2.05, 4.69) is 48.3 Å². The summed E-state index contributed by atoms with van der Waals surface area (Å²) < 4.78 is 0. The second-order valence-corrected chi connectivity index (χ2v) is 5.30. The molecule has 2 nitrogen and oxygen atoms in total. The van der Waals surface area contributed by atoms with Gasteiger partial charge in [-0.2, -0.15) is 0 Å². The van der Waals surface area contributed by atoms with Crippen molar-refractivity contribution in [3.63, 3.8) is 0 Å². The van der Waals surface area contributed by atoms with Gasteiger partial charge in [0.2, 0.25) is 0 Å². The third-order valence-corrected chi connectivity index (χ3v) is 3.85. The number of nitrogens with one attached hydrogen (secondary N) is 1. The van der Waals surface area contributed by atoms with Gasteiger partial charge in [-0.15, -0.1) is 0 Å². The van der Waals surface area contributed by atoms with Crippen LogP contribution in [-0.2, 0) is 13.1 Å². The highest BCUT2D eigenvalue weighted by molar-refractivity contribution is 5.27. The molecule has 0 bridgehead atoms. The molecule has 1 aliphatic rings. The van der Waals surface area contributed by atoms with Crippen LogP contribution in [0.15, 0.2) is 24.3 Å². The summed E-state index contributed by atoms with van der Waals surface area (Å²) in [5, 5.41) is 3.59. The van der Waals surface area contributed by atoms with E-state index in [1.54, 1.807) is 0 Å². The number of benzene rings is 1. The molecule has 0 unspecified atom stereocenters. The lowest BCUT2D eigenvalue weighted by molar-refractivity contribution is 0.294. The summed E-state index contributed by atoms with van der Waals surface area (Å²) in [5.74, 6) is 0.958. The minimum atomic E-state index is 0.958. The second-order valence-electron chi connectivity index (χ2n) is 5.30. The minimum absolute atomic E-state index is 0.958. The zero-order valence-electron chi connectivity index (χ0n) is 11.8. The fraction of sp³-hybridized carbons (Fsp3) is 0.625. The molecule has 100 valence electrons. The third-order valence-electron chi connectivity index (χ3n) is 3.85. The summed E-state index contributed by atoms with van der Waals surface area (Å²) in [6.07, 6.45) is 2.85. The van der Waals surface area contributed by atoms with Gasteiger partial charge in [0.15, 0.2) is 0 Å². The van der Waals surface area contributed by atoms with E-state index in [4.69, 9.17) is 0 Å². The first kappa shape index (κ1) is 13.6. The highest BCUT2D eigenvalue weighted by Crippen LogP contribution is 2.27. The zero-order chi connectivity index (χ0) is 12.8. The fourth-order valence-corrected chi connectivity index (χ4v) is 2.31. The molecule has 0 spiro atoms. The van der Waals surface area contributed by atoms with Gasteiger partial charge < -0.3 is 5.32 Å². The van der Waals surface area contributed by atoms with Gasteiger partial charge in [0.05, 0.1) is 0 Å². The Morgan fingerprint density at radius 2 is 1.78 bits per heavy atom. The van der Waals surface area contributed by atoms with E-state index in [-0.39, 0.29) is 0 Å². The first-order valence-electron chi connectivity index (χ1n) is 7.33. The van der Waals surface area contributed by atoms with E-state index in [0.29, 0.717) is 0 Å². The zero-order valence-corrected chi connectivity index (χ0v) is 11.8. The maximum atomic E-state index is 3.59. The molecule has 0 heterocycles. The van der Waals surface area contributed by atoms with Crippen molar-refractivity contribution in [3.05, 3.63) is 35.4 Å². The molecule has 1 saturated carbocycles. The first-order chi connectivity index (χ1) is 8.83. The van der Waals surface area contributed by atoms with Gasteiger partial charge in [0.1, 0.15) is 0 Å². The third kappa shape index (κ3) is 4.11. The van der Waals surface area contributed by atoms with E-state index in [0.717, 1.165) is 32.1 Å². The van der Waals surface area contributed by atoms with Gasteiger partial charge >= 0.3 is 0 Å². The molecule has 2 heteroatoms. The molecule has 1 fully saturated rings. The van der Waals surface area contributed by atoms with Gasteiger partial charge in [0.25, 0.3) is 0 Å². The van der Waals surface area contributed by atoms with E-state index >= 15 is 0 Å². The fourth-order valence-electron chi connectivity index (χ4n) is 2.31. The smallest absolute Gasteiger partial charge is 0.0236 e. The SMILES string of the molecule is CCN(CC)Cc1ccccc1CNCC1CC1. The lowest BCUT2D eigenvalue weighted by atomic mass is 10.1. The predicted octanol–water partition coefficient (Wildman–Crippen LogP) is 3.03. The molecule has 0 aliphatic heterocycles. The van der Waals surface area contributed by atoms with Crippen molar-refractivity contribution in [1.29, 1.82) is 0 Å². The largest absolute Gasteiger partial charge is 0.312 e. The number of nitrogens with zero attached hydrogens (tertiary/aromatic N) is 1. The average Bonchev–Trinajstić information content (AvgIpc) is 3.21. The van der Waals surface area contributed by atoms with Crippen LogP contribution in [0.4, 0.5) is 0 Å². The molecule has 0 amide bonds. The summed E-state index contributed by atoms with van der Waals surface area (Å²) in [5.41, 5.74) is 2.94. The van der Waals surface area contributed by atoms with E-state index in [1.807, 2.05) is 0 Å². The van der Waals surface area contributed by atoms with Gasteiger partial charge in [0, 0.05) is 13.1 Å². The molecule has 1 N–H and O–H groups in total. The van der Waals surface area contributed by atoms with Crippen LogP contribution in [0.25, 0.3) is 0 Å². The maximum Gasteiger partial charge on any atom is 0.0236 e. The van der Waals surface area contributed by atoms with Crippen molar-refractivity contribution in [1.82, 2.24) is 10.2 Å². The Morgan fingerprint density at radius 1 is 1.11 bits per heavy atom. The molecular formula is C16H26N2. The minimum Gasteiger partial charge on any atom is -0.312 e. The average molecular weight is 246 g/mol. The number of rotatable bonds is 8. The molecule has 0 saturated heterocycles. The van der Waals surface area contributed by atoms with Crippen LogP contribution in [0.2, 0.25) is 0 Å². The quantitative estimate of drug-likeness (QED) is 0.758. The van der Waals surface area contributed by atoms with E-state index < -0.39 is 0 Å². The normalized spacial score (nSPS) is 15.3. The van der Waals surface area contributed by atoms with Crippen molar-refractivity contribution in [2.24, 2.45) is 5.92 Å². The highest BCUT2D eigenvalue weighted by atomic mass is 15.1. The van der Waals surface area contributed by atoms with Crippen LogP contribution in [-0.4, -0.2) is 24.5 Å². The Hall–Kier alpha value is -0.860. The van der Waals surface area contributed by atoms with Crippen molar-refractivity contribution in [3.8, 4) is 0 Å². The monoisotopic (exact) mass is 246 g/mol. The van der Waals surface area contributed by atoms with Gasteiger partial charge in [-0.3, -0.25) is 4.90 Å². The predicted molar refractivity (Wildman–Crippen MR) is 77.5 cm³/mol. The number of hydrogen-bond acceptors (Lipinski definition) is 2. The van der Waals surface area contributed by atoms with Crippen molar-refractivity contribution >= 4 is 0 Å². The second kappa shape index (κ2) is 6.91. The lowest BCUT2D eigenvalue weighted by Gasteiger charge is -2.20. The summed E-state index contributed by atoms with van der Waals surface area (Å²) >= 11 is 0. The molecule has 1 aromatic rings. The summed E-state index contributed by atoms with van der Waals surface area (Å²) in [6, 6.07) is 8.84. The Morgan fingerprint density at radius 3 is 2.39 bits per heavy atom. The molecule has 0 aromatic heterocycles. The molecule has 0 radical (unpaired) electrons. The lowest BCUT2D eigenvalue weighted by Crippen LogP contribution is -2.24. The van der Waals surface area contributed by atoms with E-state index in [1.165, 1.54) is 30.5 Å². The Bertz CT molecular complexity index is 354. The van der Waals surface area contributed by atoms with Crippen LogP contribution in [0.5, 0.6) is 0 Å². The number of hydrogen-bond donors (Lipinski definition) is 1. The van der Waals surface area contributed by atoms with Crippen LogP contribution < -0.4 is 5.32 Å². The molecule has 0 atom stereocenters. The first-order valence-corrected chi connectivity index (χ1v) is 7.33. The van der Waals surface area contributed by atoms with Crippen molar-refractivity contribution in [2.45, 2.75) is 39.8 Å². The summed E-state index contributed by atoms with van der Waals surface area (Å²) in [4.78, 5) is 2.47. The van der Waals surface area contributed by atoms with Gasteiger partial charge in [-0.05, 0) is 49.5 Å². The Balaban J connectivity index is 1.90. The topological polar surface area (TPSA) is 15.3 Å². The van der Waals surface area contributed by atoms with Gasteiger partial charge in [-0.1, -0.05) is 38.1 Å². The molecule has 1 aliphatic carbocycles. The van der Waals surface area contributed by atoms with Crippen molar-refractivity contribution < 1.29 is 0 Å². The maximum absolute atomic E-state index is 3.59. The molecule has 18 heavy (non-hydrogen) atoms. The van der Waals surface area contributed by atoms with Crippen LogP contribution >= 0.6 is 0 Å². The Kier molecular flexibility index (Phi) is 5.21. The molecular weight excluding hydrogens is 220 g/mol. The van der Waals surface area contributed by atoms with E-state index in [9.17, 15) is 0 Å². The standard InChI is InChI=1S/C16H26N2/c1-3-18(4-2)13-16-8-6-5-7-15(16)12-17-11-14-9-10-14/h5-8,14,17H,3-4,9-13H2,1-2H3. The van der Waals surface area contributed by atoms with Crippen LogP contribution in [0.1, 0.15) is 37.8 Å². The summed E-state index contributed by atoms with van der Waals surface area (Å²) in [7, 11) is 0. The van der Waals surface area contributed by atoms with Crippen molar-refractivity contribution in [2.75, 3.05) is 19.6 Å². The van der Waals surface area contributed by atoms with Crippen LogP contribution in [0, 0.1) is 5.92 Å².